The molecule has 4 aromatic rings. The van der Waals surface area contributed by atoms with Crippen LogP contribution in [0.5, 0.6) is 5.75 Å². The summed E-state index contributed by atoms with van der Waals surface area (Å²) in [5.74, 6) is -1.60. The van der Waals surface area contributed by atoms with Crippen LogP contribution in [0.1, 0.15) is 24.9 Å². The van der Waals surface area contributed by atoms with Crippen LogP contribution < -0.4 is 9.04 Å². The fourth-order valence-corrected chi connectivity index (χ4v) is 7.75. The van der Waals surface area contributed by atoms with Crippen LogP contribution in [0.4, 0.5) is 20.2 Å². The molecule has 0 spiro atoms. The Bertz CT molecular complexity index is 1970. The van der Waals surface area contributed by atoms with Gasteiger partial charge in [0.05, 0.1) is 33.1 Å². The van der Waals surface area contributed by atoms with Gasteiger partial charge >= 0.3 is 0 Å². The van der Waals surface area contributed by atoms with Gasteiger partial charge < -0.3 is 4.74 Å². The average molecular weight is 715 g/mol. The summed E-state index contributed by atoms with van der Waals surface area (Å²) >= 11 is 11.7. The van der Waals surface area contributed by atoms with Gasteiger partial charge in [0.1, 0.15) is 22.4 Å². The smallest absolute Gasteiger partial charge is 0.289 e. The molecule has 0 aliphatic carbocycles. The Labute approximate surface area is 275 Å². The molecule has 0 fully saturated rings. The van der Waals surface area contributed by atoms with Crippen LogP contribution in [0.15, 0.2) is 94.7 Å². The molecule has 0 bridgehead atoms. The molecule has 4 rings (SSSR count). The van der Waals surface area contributed by atoms with Gasteiger partial charge in [0, 0.05) is 36.3 Å². The SMILES string of the molecule is CC(c1ccccc1OCCCN(C)S(=O)(=O)c1ccc(Cl)c([N+](=O)[O-])c1)N(c1cc(F)ccc1F)S(=O)(=O)c1ccc(Cl)cc1. The zero-order valence-electron chi connectivity index (χ0n) is 24.3. The van der Waals surface area contributed by atoms with Crippen molar-refractivity contribution < 1.29 is 35.3 Å². The standard InChI is InChI=1S/C30H27Cl2F2N3O7S2/c1-20(36(29-18-22(33)10-15-27(29)34)46(42,43)23-11-8-21(31)9-12-23)25-6-3-4-7-30(25)44-17-5-16-35(2)45(40,41)24-13-14-26(32)28(19-24)37(38)39/h3-4,6-15,18-20H,5,16-17H2,1-2H3. The van der Waals surface area contributed by atoms with E-state index < -0.39 is 54.0 Å². The van der Waals surface area contributed by atoms with Gasteiger partial charge in [-0.25, -0.2) is 29.9 Å². The summed E-state index contributed by atoms with van der Waals surface area (Å²) in [5, 5.41) is 11.3. The van der Waals surface area contributed by atoms with E-state index >= 15 is 4.39 Å². The summed E-state index contributed by atoms with van der Waals surface area (Å²) < 4.78 is 91.0. The summed E-state index contributed by atoms with van der Waals surface area (Å²) in [4.78, 5) is 9.91. The molecule has 1 unspecified atom stereocenters. The summed E-state index contributed by atoms with van der Waals surface area (Å²) in [7, 11) is -7.28. The van der Waals surface area contributed by atoms with E-state index in [2.05, 4.69) is 0 Å². The van der Waals surface area contributed by atoms with Crippen LogP contribution >= 0.6 is 23.2 Å². The largest absolute Gasteiger partial charge is 0.493 e. The minimum Gasteiger partial charge on any atom is -0.493 e. The maximum absolute atomic E-state index is 15.1. The Kier molecular flexibility index (Phi) is 10.9. The molecular formula is C30H27Cl2F2N3O7S2. The summed E-state index contributed by atoms with van der Waals surface area (Å²) in [6, 6.07) is 16.2. The molecule has 0 saturated heterocycles. The van der Waals surface area contributed by atoms with E-state index in [1.807, 2.05) is 0 Å². The zero-order chi connectivity index (χ0) is 33.8. The quantitative estimate of drug-likeness (QED) is 0.0813. The maximum atomic E-state index is 15.1. The van der Waals surface area contributed by atoms with Crippen molar-refractivity contribution in [2.45, 2.75) is 29.2 Å². The summed E-state index contributed by atoms with van der Waals surface area (Å²) in [6.07, 6.45) is 0.166. The molecule has 4 aromatic carbocycles. The van der Waals surface area contributed by atoms with Crippen molar-refractivity contribution in [3.63, 3.8) is 0 Å². The normalized spacial score (nSPS) is 12.6. The molecule has 1 atom stereocenters. The van der Waals surface area contributed by atoms with Gasteiger partial charge in [0.2, 0.25) is 10.0 Å². The number of nitrogens with zero attached hydrogens (tertiary/aromatic N) is 3. The molecule has 10 nitrogen and oxygen atoms in total. The van der Waals surface area contributed by atoms with E-state index in [1.165, 1.54) is 44.3 Å². The third kappa shape index (κ3) is 7.58. The molecule has 0 saturated carbocycles. The molecule has 0 radical (unpaired) electrons. The molecule has 0 aliphatic heterocycles. The Morgan fingerprint density at radius 1 is 0.891 bits per heavy atom. The second-order valence-corrected chi connectivity index (χ2v) is 14.7. The minimum atomic E-state index is -4.48. The number of hydrogen-bond acceptors (Lipinski definition) is 7. The fourth-order valence-electron chi connectivity index (χ4n) is 4.57. The van der Waals surface area contributed by atoms with Crippen molar-refractivity contribution in [1.82, 2.24) is 4.31 Å². The number of ether oxygens (including phenoxy) is 1. The van der Waals surface area contributed by atoms with E-state index in [1.54, 1.807) is 24.3 Å². The number of sulfonamides is 2. The number of nitro groups is 1. The third-order valence-electron chi connectivity index (χ3n) is 6.93. The van der Waals surface area contributed by atoms with Gasteiger partial charge in [0.15, 0.2) is 0 Å². The zero-order valence-corrected chi connectivity index (χ0v) is 27.5. The highest BCUT2D eigenvalue weighted by Gasteiger charge is 2.34. The number of benzene rings is 4. The summed E-state index contributed by atoms with van der Waals surface area (Å²) in [6.45, 7) is 1.43. The number of para-hydroxylation sites is 1. The van der Waals surface area contributed by atoms with Gasteiger partial charge in [-0.05, 0) is 67.9 Å². The molecule has 16 heteroatoms. The van der Waals surface area contributed by atoms with Crippen molar-refractivity contribution in [2.75, 3.05) is 24.5 Å². The Morgan fingerprint density at radius 3 is 2.22 bits per heavy atom. The number of halogens is 4. The molecule has 46 heavy (non-hydrogen) atoms. The van der Waals surface area contributed by atoms with Crippen LogP contribution in [-0.2, 0) is 20.0 Å². The van der Waals surface area contributed by atoms with Crippen molar-refractivity contribution >= 4 is 54.6 Å². The number of anilines is 1. The first-order chi connectivity index (χ1) is 21.6. The van der Waals surface area contributed by atoms with Crippen LogP contribution in [-0.4, -0.2) is 46.3 Å². The van der Waals surface area contributed by atoms with Crippen molar-refractivity contribution in [2.24, 2.45) is 0 Å². The van der Waals surface area contributed by atoms with Crippen LogP contribution in [0.25, 0.3) is 0 Å². The highest BCUT2D eigenvalue weighted by atomic mass is 35.5. The maximum Gasteiger partial charge on any atom is 0.289 e. The van der Waals surface area contributed by atoms with Gasteiger partial charge in [-0.3, -0.25) is 14.4 Å². The van der Waals surface area contributed by atoms with Gasteiger partial charge in [-0.2, -0.15) is 0 Å². The minimum absolute atomic E-state index is 0.0252. The predicted molar refractivity (Wildman–Crippen MR) is 170 cm³/mol. The lowest BCUT2D eigenvalue weighted by Crippen LogP contribution is -2.34. The van der Waals surface area contributed by atoms with E-state index in [0.29, 0.717) is 5.56 Å². The Morgan fingerprint density at radius 2 is 1.54 bits per heavy atom. The Hall–Kier alpha value is -3.82. The second kappa shape index (κ2) is 14.3. The molecule has 0 amide bonds. The number of hydrogen-bond donors (Lipinski definition) is 0. The topological polar surface area (TPSA) is 127 Å². The van der Waals surface area contributed by atoms with Crippen molar-refractivity contribution in [3.05, 3.63) is 122 Å². The van der Waals surface area contributed by atoms with Gasteiger partial charge in [-0.1, -0.05) is 41.4 Å². The highest BCUT2D eigenvalue weighted by molar-refractivity contribution is 7.92. The molecule has 0 aromatic heterocycles. The van der Waals surface area contributed by atoms with Gasteiger partial charge in [-0.15, -0.1) is 0 Å². The lowest BCUT2D eigenvalue weighted by Gasteiger charge is -2.32. The van der Waals surface area contributed by atoms with Crippen molar-refractivity contribution in [3.8, 4) is 5.75 Å². The first kappa shape index (κ1) is 35.0. The molecule has 244 valence electrons. The Balaban J connectivity index is 1.57. The average Bonchev–Trinajstić information content (AvgIpc) is 3.01. The first-order valence-electron chi connectivity index (χ1n) is 13.5. The lowest BCUT2D eigenvalue weighted by atomic mass is 10.1. The molecule has 0 heterocycles. The number of rotatable bonds is 13. The predicted octanol–water partition coefficient (Wildman–Crippen LogP) is 7.23. The second-order valence-electron chi connectivity index (χ2n) is 9.96. The molecule has 0 N–H and O–H groups in total. The van der Waals surface area contributed by atoms with E-state index in [9.17, 15) is 31.3 Å². The van der Waals surface area contributed by atoms with E-state index in [4.69, 9.17) is 27.9 Å². The molecular weight excluding hydrogens is 687 g/mol. The van der Waals surface area contributed by atoms with E-state index in [-0.39, 0.29) is 45.2 Å². The van der Waals surface area contributed by atoms with Crippen LogP contribution in [0.2, 0.25) is 10.0 Å². The van der Waals surface area contributed by atoms with Crippen molar-refractivity contribution in [1.29, 1.82) is 0 Å². The lowest BCUT2D eigenvalue weighted by molar-refractivity contribution is -0.384. The van der Waals surface area contributed by atoms with E-state index in [0.717, 1.165) is 38.9 Å². The first-order valence-corrected chi connectivity index (χ1v) is 17.1. The van der Waals surface area contributed by atoms with Crippen LogP contribution in [0.3, 0.4) is 0 Å². The molecule has 0 aliphatic rings. The van der Waals surface area contributed by atoms with Gasteiger partial charge in [0.25, 0.3) is 15.7 Å². The highest BCUT2D eigenvalue weighted by Crippen LogP contribution is 2.38. The fraction of sp³-hybridized carbons (Fsp3) is 0.200. The van der Waals surface area contributed by atoms with Crippen LogP contribution in [0, 0.1) is 21.7 Å². The third-order valence-corrected chi connectivity index (χ3v) is 11.3. The number of nitro benzene ring substituents is 1. The summed E-state index contributed by atoms with van der Waals surface area (Å²) in [5.41, 5.74) is -0.750. The monoisotopic (exact) mass is 713 g/mol.